The molecule has 0 bridgehead atoms. The van der Waals surface area contributed by atoms with Crippen molar-refractivity contribution in [3.8, 4) is 5.75 Å². The van der Waals surface area contributed by atoms with Crippen LogP contribution in [0.5, 0.6) is 5.75 Å². The van der Waals surface area contributed by atoms with Crippen LogP contribution in [0.4, 0.5) is 5.69 Å². The Morgan fingerprint density at radius 2 is 2.30 bits per heavy atom. The Morgan fingerprint density at radius 1 is 1.50 bits per heavy atom. The number of aryl methyl sites for hydroxylation is 1. The molecule has 1 heterocycles. The first-order chi connectivity index (χ1) is 9.61. The van der Waals surface area contributed by atoms with Crippen molar-refractivity contribution in [2.45, 2.75) is 13.2 Å². The smallest absolute Gasteiger partial charge is 0.270 e. The first-order valence-electron chi connectivity index (χ1n) is 6.11. The second-order valence-electron chi connectivity index (χ2n) is 4.36. The summed E-state index contributed by atoms with van der Waals surface area (Å²) in [6, 6.07) is 4.59. The molecule has 0 aliphatic carbocycles. The van der Waals surface area contributed by atoms with Crippen molar-refractivity contribution in [3.63, 3.8) is 0 Å². The van der Waals surface area contributed by atoms with E-state index in [9.17, 15) is 10.1 Å². The molecule has 7 nitrogen and oxygen atoms in total. The monoisotopic (exact) mass is 276 g/mol. The highest BCUT2D eigenvalue weighted by atomic mass is 16.6. The van der Waals surface area contributed by atoms with Crippen LogP contribution < -0.4 is 10.1 Å². The van der Waals surface area contributed by atoms with Crippen molar-refractivity contribution in [2.24, 2.45) is 7.05 Å². The summed E-state index contributed by atoms with van der Waals surface area (Å²) in [5.41, 5.74) is 1.74. The van der Waals surface area contributed by atoms with Crippen molar-refractivity contribution in [1.82, 2.24) is 14.9 Å². The molecule has 0 aliphatic heterocycles. The van der Waals surface area contributed by atoms with Gasteiger partial charge in [-0.1, -0.05) is 0 Å². The fourth-order valence-electron chi connectivity index (χ4n) is 1.82. The van der Waals surface area contributed by atoms with Gasteiger partial charge in [0, 0.05) is 31.3 Å². The van der Waals surface area contributed by atoms with Crippen LogP contribution in [0.1, 0.15) is 11.3 Å². The third-order valence-corrected chi connectivity index (χ3v) is 2.91. The van der Waals surface area contributed by atoms with E-state index < -0.39 is 4.92 Å². The first-order valence-corrected chi connectivity index (χ1v) is 6.11. The summed E-state index contributed by atoms with van der Waals surface area (Å²) in [5, 5.41) is 13.8. The Morgan fingerprint density at radius 3 is 2.90 bits per heavy atom. The SMILES string of the molecule is CNCc1cc([N+](=O)[O-])ccc1OCc1cncn1C. The summed E-state index contributed by atoms with van der Waals surface area (Å²) >= 11 is 0. The molecule has 2 aromatic rings. The van der Waals surface area contributed by atoms with Gasteiger partial charge in [-0.25, -0.2) is 4.98 Å². The van der Waals surface area contributed by atoms with Crippen LogP contribution in [0.15, 0.2) is 30.7 Å². The number of nitrogens with zero attached hydrogens (tertiary/aromatic N) is 3. The summed E-state index contributed by atoms with van der Waals surface area (Å²) in [5.74, 6) is 0.631. The minimum atomic E-state index is -0.413. The van der Waals surface area contributed by atoms with Gasteiger partial charge in [0.25, 0.3) is 5.69 Å². The molecule has 7 heteroatoms. The molecule has 0 spiro atoms. The fraction of sp³-hybridized carbons (Fsp3) is 0.308. The van der Waals surface area contributed by atoms with Crippen molar-refractivity contribution in [3.05, 3.63) is 52.1 Å². The molecule has 0 saturated heterocycles. The number of nitrogens with one attached hydrogen (secondary N) is 1. The molecule has 0 aliphatic rings. The standard InChI is InChI=1S/C13H16N4O3/c1-14-6-10-5-11(17(18)19)3-4-13(10)20-8-12-7-15-9-16(12)2/h3-5,7,9,14H,6,8H2,1-2H3. The molecular weight excluding hydrogens is 260 g/mol. The van der Waals surface area contributed by atoms with E-state index in [1.165, 1.54) is 12.1 Å². The van der Waals surface area contributed by atoms with Gasteiger partial charge in [-0.2, -0.15) is 0 Å². The number of imidazole rings is 1. The maximum atomic E-state index is 10.8. The number of hydrogen-bond donors (Lipinski definition) is 1. The van der Waals surface area contributed by atoms with E-state index in [4.69, 9.17) is 4.74 Å². The average molecular weight is 276 g/mol. The molecule has 1 aromatic heterocycles. The molecular formula is C13H16N4O3. The molecule has 2 rings (SSSR count). The number of benzene rings is 1. The molecule has 1 aromatic carbocycles. The van der Waals surface area contributed by atoms with Crippen LogP contribution in [-0.2, 0) is 20.2 Å². The normalized spacial score (nSPS) is 10.5. The third kappa shape index (κ3) is 3.12. The summed E-state index contributed by atoms with van der Waals surface area (Å²) in [6.07, 6.45) is 3.42. The van der Waals surface area contributed by atoms with Gasteiger partial charge in [0.05, 0.1) is 23.1 Å². The predicted molar refractivity (Wildman–Crippen MR) is 73.4 cm³/mol. The largest absolute Gasteiger partial charge is 0.487 e. The number of hydrogen-bond acceptors (Lipinski definition) is 5. The van der Waals surface area contributed by atoms with Gasteiger partial charge < -0.3 is 14.6 Å². The summed E-state index contributed by atoms with van der Waals surface area (Å²) in [6.45, 7) is 0.868. The molecule has 0 amide bonds. The number of nitro benzene ring substituents is 1. The molecule has 0 unspecified atom stereocenters. The van der Waals surface area contributed by atoms with Crippen LogP contribution >= 0.6 is 0 Å². The minimum absolute atomic E-state index is 0.0585. The van der Waals surface area contributed by atoms with Crippen LogP contribution in [-0.4, -0.2) is 21.5 Å². The number of non-ortho nitro benzene ring substituents is 1. The van der Waals surface area contributed by atoms with E-state index in [0.717, 1.165) is 11.3 Å². The Bertz CT molecular complexity index is 609. The van der Waals surface area contributed by atoms with E-state index in [-0.39, 0.29) is 5.69 Å². The number of ether oxygens (including phenoxy) is 1. The lowest BCUT2D eigenvalue weighted by atomic mass is 10.1. The molecule has 0 fully saturated rings. The quantitative estimate of drug-likeness (QED) is 0.640. The fourth-order valence-corrected chi connectivity index (χ4v) is 1.82. The van der Waals surface area contributed by atoms with E-state index in [1.54, 1.807) is 25.6 Å². The lowest BCUT2D eigenvalue weighted by Crippen LogP contribution is -2.09. The van der Waals surface area contributed by atoms with Crippen LogP contribution in [0.25, 0.3) is 0 Å². The molecule has 0 atom stereocenters. The highest BCUT2D eigenvalue weighted by Crippen LogP contribution is 2.24. The van der Waals surface area contributed by atoms with Crippen molar-refractivity contribution >= 4 is 5.69 Å². The van der Waals surface area contributed by atoms with Gasteiger partial charge in [0.1, 0.15) is 12.4 Å². The van der Waals surface area contributed by atoms with Crippen LogP contribution in [0.3, 0.4) is 0 Å². The molecule has 20 heavy (non-hydrogen) atoms. The Labute approximate surface area is 116 Å². The van der Waals surface area contributed by atoms with E-state index >= 15 is 0 Å². The highest BCUT2D eigenvalue weighted by molar-refractivity contribution is 5.43. The van der Waals surface area contributed by atoms with Gasteiger partial charge in [0.15, 0.2) is 0 Å². The number of nitro groups is 1. The van der Waals surface area contributed by atoms with Crippen molar-refractivity contribution in [1.29, 1.82) is 0 Å². The maximum Gasteiger partial charge on any atom is 0.270 e. The number of aromatic nitrogens is 2. The Kier molecular flexibility index (Phi) is 4.31. The van der Waals surface area contributed by atoms with Gasteiger partial charge >= 0.3 is 0 Å². The molecule has 0 saturated carbocycles. The average Bonchev–Trinajstić information content (AvgIpc) is 2.83. The van der Waals surface area contributed by atoms with Gasteiger partial charge in [-0.05, 0) is 13.1 Å². The van der Waals surface area contributed by atoms with Gasteiger partial charge in [-0.3, -0.25) is 10.1 Å². The second kappa shape index (κ2) is 6.16. The topological polar surface area (TPSA) is 82.2 Å². The molecule has 0 radical (unpaired) electrons. The van der Waals surface area contributed by atoms with Gasteiger partial charge in [0.2, 0.25) is 0 Å². The van der Waals surface area contributed by atoms with Crippen molar-refractivity contribution < 1.29 is 9.66 Å². The van der Waals surface area contributed by atoms with E-state index in [1.807, 2.05) is 11.6 Å². The zero-order chi connectivity index (χ0) is 14.5. The van der Waals surface area contributed by atoms with Crippen molar-refractivity contribution in [2.75, 3.05) is 7.05 Å². The summed E-state index contributed by atoms with van der Waals surface area (Å²) in [4.78, 5) is 14.4. The lowest BCUT2D eigenvalue weighted by Gasteiger charge is -2.11. The Balaban J connectivity index is 2.17. The maximum absolute atomic E-state index is 10.8. The van der Waals surface area contributed by atoms with Gasteiger partial charge in [-0.15, -0.1) is 0 Å². The van der Waals surface area contributed by atoms with E-state index in [0.29, 0.717) is 18.9 Å². The molecule has 1 N–H and O–H groups in total. The predicted octanol–water partition coefficient (Wildman–Crippen LogP) is 1.63. The Hall–Kier alpha value is -2.41. The van der Waals surface area contributed by atoms with Crippen LogP contribution in [0.2, 0.25) is 0 Å². The van der Waals surface area contributed by atoms with Crippen LogP contribution in [0, 0.1) is 10.1 Å². The molecule has 106 valence electrons. The lowest BCUT2D eigenvalue weighted by molar-refractivity contribution is -0.384. The first kappa shape index (κ1) is 14.0. The summed E-state index contributed by atoms with van der Waals surface area (Å²) < 4.78 is 7.59. The zero-order valence-electron chi connectivity index (χ0n) is 11.4. The number of rotatable bonds is 6. The second-order valence-corrected chi connectivity index (χ2v) is 4.36. The third-order valence-electron chi connectivity index (χ3n) is 2.91. The zero-order valence-corrected chi connectivity index (χ0v) is 11.4. The van der Waals surface area contributed by atoms with E-state index in [2.05, 4.69) is 10.3 Å². The highest BCUT2D eigenvalue weighted by Gasteiger charge is 2.12. The minimum Gasteiger partial charge on any atom is -0.487 e. The summed E-state index contributed by atoms with van der Waals surface area (Å²) in [7, 11) is 3.67.